The minimum atomic E-state index is -1.10. The van der Waals surface area contributed by atoms with Crippen molar-refractivity contribution in [1.82, 2.24) is 0 Å². The van der Waals surface area contributed by atoms with Gasteiger partial charge in [0.05, 0.1) is 12.8 Å². The minimum Gasteiger partial charge on any atom is -0.495 e. The van der Waals surface area contributed by atoms with Crippen LogP contribution in [0.3, 0.4) is 0 Å². The Balaban J connectivity index is 1.89. The van der Waals surface area contributed by atoms with Crippen LogP contribution in [0.4, 0.5) is 10.1 Å². The van der Waals surface area contributed by atoms with Crippen molar-refractivity contribution in [3.63, 3.8) is 0 Å². The zero-order valence-corrected chi connectivity index (χ0v) is 14.9. The van der Waals surface area contributed by atoms with E-state index in [0.29, 0.717) is 16.5 Å². The van der Waals surface area contributed by atoms with Crippen LogP contribution in [0.1, 0.15) is 6.92 Å². The SMILES string of the molecule is COc1ccc(Cl)cc1NC(=O)[C@@H](C)OC(=O)COc1ccccc1F. The molecule has 0 aliphatic heterocycles. The number of anilines is 1. The average molecular weight is 382 g/mol. The molecule has 0 radical (unpaired) electrons. The number of ether oxygens (including phenoxy) is 3. The molecule has 1 N–H and O–H groups in total. The van der Waals surface area contributed by atoms with E-state index in [1.807, 2.05) is 0 Å². The molecule has 2 aromatic carbocycles. The Bertz CT molecular complexity index is 799. The lowest BCUT2D eigenvalue weighted by molar-refractivity contribution is -0.155. The summed E-state index contributed by atoms with van der Waals surface area (Å²) in [4.78, 5) is 23.9. The molecule has 1 atom stereocenters. The summed E-state index contributed by atoms with van der Waals surface area (Å²) in [6.45, 7) is 0.867. The second-order valence-corrected chi connectivity index (χ2v) is 5.62. The highest BCUT2D eigenvalue weighted by Crippen LogP contribution is 2.27. The molecule has 0 spiro atoms. The lowest BCUT2D eigenvalue weighted by Crippen LogP contribution is -2.31. The number of rotatable bonds is 7. The quantitative estimate of drug-likeness (QED) is 0.744. The van der Waals surface area contributed by atoms with Crippen LogP contribution >= 0.6 is 11.6 Å². The van der Waals surface area contributed by atoms with E-state index in [2.05, 4.69) is 5.32 Å². The minimum absolute atomic E-state index is 0.0785. The Morgan fingerprint density at radius 3 is 2.62 bits per heavy atom. The Hall–Kier alpha value is -2.80. The number of carbonyl (C=O) groups excluding carboxylic acids is 2. The van der Waals surface area contributed by atoms with Crippen LogP contribution in [0.2, 0.25) is 5.02 Å². The molecule has 0 unspecified atom stereocenters. The average Bonchev–Trinajstić information content (AvgIpc) is 2.61. The number of methoxy groups -OCH3 is 1. The third kappa shape index (κ3) is 5.35. The summed E-state index contributed by atoms with van der Waals surface area (Å²) in [7, 11) is 1.45. The van der Waals surface area contributed by atoms with Crippen molar-refractivity contribution in [3.8, 4) is 11.5 Å². The molecule has 0 aliphatic carbocycles. The van der Waals surface area contributed by atoms with E-state index in [4.69, 9.17) is 25.8 Å². The van der Waals surface area contributed by atoms with E-state index in [-0.39, 0.29) is 5.75 Å². The Morgan fingerprint density at radius 2 is 1.92 bits per heavy atom. The molecule has 8 heteroatoms. The molecule has 0 fully saturated rings. The molecule has 0 bridgehead atoms. The van der Waals surface area contributed by atoms with Gasteiger partial charge in [-0.3, -0.25) is 4.79 Å². The van der Waals surface area contributed by atoms with Crippen molar-refractivity contribution >= 4 is 29.2 Å². The number of halogens is 2. The Labute approximate surface area is 154 Å². The molecule has 26 heavy (non-hydrogen) atoms. The fraction of sp³-hybridized carbons (Fsp3) is 0.222. The summed E-state index contributed by atoms with van der Waals surface area (Å²) in [5.74, 6) is -1.66. The number of esters is 1. The van der Waals surface area contributed by atoms with Gasteiger partial charge in [0, 0.05) is 5.02 Å². The van der Waals surface area contributed by atoms with Crippen molar-refractivity contribution < 1.29 is 28.2 Å². The molecule has 1 amide bonds. The van der Waals surface area contributed by atoms with Crippen LogP contribution in [0.5, 0.6) is 11.5 Å². The lowest BCUT2D eigenvalue weighted by Gasteiger charge is -2.15. The first-order valence-corrected chi connectivity index (χ1v) is 7.99. The molecule has 0 saturated carbocycles. The number of benzene rings is 2. The summed E-state index contributed by atoms with van der Waals surface area (Å²) in [6.07, 6.45) is -1.10. The summed E-state index contributed by atoms with van der Waals surface area (Å²) in [6, 6.07) is 10.4. The van der Waals surface area contributed by atoms with Gasteiger partial charge in [-0.05, 0) is 37.3 Å². The van der Waals surface area contributed by atoms with Crippen LogP contribution in [0.15, 0.2) is 42.5 Å². The van der Waals surface area contributed by atoms with Gasteiger partial charge in [-0.25, -0.2) is 9.18 Å². The summed E-state index contributed by atoms with van der Waals surface area (Å²) in [5.41, 5.74) is 0.343. The molecule has 2 aromatic rings. The number of nitrogens with one attached hydrogen (secondary N) is 1. The number of hydrogen-bond donors (Lipinski definition) is 1. The third-order valence-electron chi connectivity index (χ3n) is 3.28. The van der Waals surface area contributed by atoms with Crippen molar-refractivity contribution in [2.24, 2.45) is 0 Å². The second-order valence-electron chi connectivity index (χ2n) is 5.19. The largest absolute Gasteiger partial charge is 0.495 e. The van der Waals surface area contributed by atoms with Crippen LogP contribution in [-0.2, 0) is 14.3 Å². The second kappa shape index (κ2) is 9.05. The highest BCUT2D eigenvalue weighted by Gasteiger charge is 2.20. The Morgan fingerprint density at radius 1 is 1.19 bits per heavy atom. The van der Waals surface area contributed by atoms with Crippen LogP contribution < -0.4 is 14.8 Å². The topological polar surface area (TPSA) is 73.9 Å². The normalized spacial score (nSPS) is 11.4. The standard InChI is InChI=1S/C18H17ClFNO5/c1-11(18(23)21-14-9-12(19)7-8-16(14)24-2)26-17(22)10-25-15-6-4-3-5-13(15)20/h3-9,11H,10H2,1-2H3,(H,21,23)/t11-/m1/s1. The van der Waals surface area contributed by atoms with E-state index < -0.39 is 30.4 Å². The zero-order chi connectivity index (χ0) is 19.1. The molecule has 0 aliphatic rings. The van der Waals surface area contributed by atoms with Crippen LogP contribution in [0.25, 0.3) is 0 Å². The maximum absolute atomic E-state index is 13.4. The van der Waals surface area contributed by atoms with Gasteiger partial charge in [0.1, 0.15) is 5.75 Å². The van der Waals surface area contributed by atoms with Gasteiger partial charge in [-0.15, -0.1) is 0 Å². The highest BCUT2D eigenvalue weighted by molar-refractivity contribution is 6.31. The predicted octanol–water partition coefficient (Wildman–Crippen LogP) is 3.44. The molecule has 6 nitrogen and oxygen atoms in total. The molecule has 0 saturated heterocycles. The number of para-hydroxylation sites is 1. The first-order chi connectivity index (χ1) is 12.4. The highest BCUT2D eigenvalue weighted by atomic mass is 35.5. The predicted molar refractivity (Wildman–Crippen MR) is 94.1 cm³/mol. The van der Waals surface area contributed by atoms with Gasteiger partial charge >= 0.3 is 5.97 Å². The van der Waals surface area contributed by atoms with E-state index in [1.54, 1.807) is 18.2 Å². The monoisotopic (exact) mass is 381 g/mol. The fourth-order valence-electron chi connectivity index (χ4n) is 2.00. The smallest absolute Gasteiger partial charge is 0.344 e. The molecule has 0 aromatic heterocycles. The fourth-order valence-corrected chi connectivity index (χ4v) is 2.17. The zero-order valence-electron chi connectivity index (χ0n) is 14.1. The molecular weight excluding hydrogens is 365 g/mol. The van der Waals surface area contributed by atoms with Gasteiger partial charge in [0.25, 0.3) is 5.91 Å². The first kappa shape index (κ1) is 19.5. The van der Waals surface area contributed by atoms with Crippen molar-refractivity contribution in [3.05, 3.63) is 53.3 Å². The van der Waals surface area contributed by atoms with Crippen LogP contribution in [-0.4, -0.2) is 31.7 Å². The maximum Gasteiger partial charge on any atom is 0.344 e. The molecule has 2 rings (SSSR count). The van der Waals surface area contributed by atoms with Gasteiger partial charge in [-0.1, -0.05) is 23.7 Å². The number of amides is 1. The molecule has 0 heterocycles. The van der Waals surface area contributed by atoms with Gasteiger partial charge in [0.15, 0.2) is 24.3 Å². The van der Waals surface area contributed by atoms with Crippen molar-refractivity contribution in [1.29, 1.82) is 0 Å². The molecular formula is C18H17ClFNO5. The summed E-state index contributed by atoms with van der Waals surface area (Å²) in [5, 5.41) is 2.97. The lowest BCUT2D eigenvalue weighted by atomic mass is 10.2. The van der Waals surface area contributed by atoms with Crippen molar-refractivity contribution in [2.75, 3.05) is 19.0 Å². The van der Waals surface area contributed by atoms with Gasteiger partial charge in [0.2, 0.25) is 0 Å². The summed E-state index contributed by atoms with van der Waals surface area (Å²) < 4.78 is 28.5. The first-order valence-electron chi connectivity index (χ1n) is 7.62. The summed E-state index contributed by atoms with van der Waals surface area (Å²) >= 11 is 5.89. The van der Waals surface area contributed by atoms with E-state index >= 15 is 0 Å². The third-order valence-corrected chi connectivity index (χ3v) is 3.51. The van der Waals surface area contributed by atoms with Gasteiger partial charge in [-0.2, -0.15) is 0 Å². The molecule has 138 valence electrons. The van der Waals surface area contributed by atoms with Crippen molar-refractivity contribution in [2.45, 2.75) is 13.0 Å². The van der Waals surface area contributed by atoms with Crippen LogP contribution in [0, 0.1) is 5.82 Å². The van der Waals surface area contributed by atoms with E-state index in [0.717, 1.165) is 0 Å². The maximum atomic E-state index is 13.4. The van der Waals surface area contributed by atoms with E-state index in [1.165, 1.54) is 38.3 Å². The van der Waals surface area contributed by atoms with Gasteiger partial charge < -0.3 is 19.5 Å². The number of hydrogen-bond acceptors (Lipinski definition) is 5. The van der Waals surface area contributed by atoms with E-state index in [9.17, 15) is 14.0 Å². The Kier molecular flexibility index (Phi) is 6.80. The number of carbonyl (C=O) groups is 2.